The minimum Gasteiger partial charge on any atom is -0.409 e. The second-order valence-electron chi connectivity index (χ2n) is 5.30. The molecule has 2 heterocycles. The number of nitrogens with two attached hydrogens (primary N) is 1. The zero-order valence-corrected chi connectivity index (χ0v) is 11.0. The first-order valence-corrected chi connectivity index (χ1v) is 6.53. The number of hydrogen-bond acceptors (Lipinski definition) is 5. The maximum absolute atomic E-state index is 8.53. The van der Waals surface area contributed by atoms with E-state index in [-0.39, 0.29) is 11.4 Å². The highest BCUT2D eigenvalue weighted by Crippen LogP contribution is 2.34. The van der Waals surface area contributed by atoms with Crippen molar-refractivity contribution < 1.29 is 14.7 Å². The first-order chi connectivity index (χ1) is 8.65. The molecule has 0 aliphatic carbocycles. The van der Waals surface area contributed by atoms with E-state index in [9.17, 15) is 0 Å². The molecular weight excluding hydrogens is 234 g/mol. The normalized spacial score (nSPS) is 33.4. The molecule has 6 heteroatoms. The zero-order chi connectivity index (χ0) is 13.0. The molecule has 0 amide bonds. The van der Waals surface area contributed by atoms with Gasteiger partial charge in [0.1, 0.15) is 5.84 Å². The van der Waals surface area contributed by atoms with Gasteiger partial charge in [-0.05, 0) is 19.9 Å². The van der Waals surface area contributed by atoms with E-state index < -0.39 is 0 Å². The van der Waals surface area contributed by atoms with Crippen LogP contribution in [0.1, 0.15) is 25.7 Å². The van der Waals surface area contributed by atoms with Crippen molar-refractivity contribution in [2.75, 3.05) is 33.4 Å². The fourth-order valence-corrected chi connectivity index (χ4v) is 2.76. The smallest absolute Gasteiger partial charge is 0.140 e. The van der Waals surface area contributed by atoms with Gasteiger partial charge in [0.15, 0.2) is 0 Å². The highest BCUT2D eigenvalue weighted by molar-refractivity contribution is 5.79. The largest absolute Gasteiger partial charge is 0.409 e. The predicted octanol–water partition coefficient (Wildman–Crippen LogP) is 0.393. The van der Waals surface area contributed by atoms with Crippen molar-refractivity contribution in [3.63, 3.8) is 0 Å². The van der Waals surface area contributed by atoms with Gasteiger partial charge in [0, 0.05) is 38.6 Å². The molecule has 2 rings (SSSR count). The van der Waals surface area contributed by atoms with Crippen molar-refractivity contribution in [1.29, 1.82) is 0 Å². The van der Waals surface area contributed by atoms with E-state index in [0.717, 1.165) is 45.6 Å². The average Bonchev–Trinajstić information content (AvgIpc) is 2.83. The van der Waals surface area contributed by atoms with Crippen molar-refractivity contribution in [3.05, 3.63) is 0 Å². The summed E-state index contributed by atoms with van der Waals surface area (Å²) < 4.78 is 11.4. The molecular formula is C12H23N3O3. The molecule has 2 saturated heterocycles. The van der Waals surface area contributed by atoms with Gasteiger partial charge in [-0.1, -0.05) is 5.16 Å². The fourth-order valence-electron chi connectivity index (χ4n) is 2.76. The van der Waals surface area contributed by atoms with Crippen LogP contribution in [0.15, 0.2) is 5.16 Å². The Hall–Kier alpha value is -0.850. The maximum atomic E-state index is 8.53. The van der Waals surface area contributed by atoms with Crippen LogP contribution in [-0.4, -0.2) is 61.0 Å². The Bertz CT molecular complexity index is 303. The molecule has 1 spiro atoms. The molecule has 2 aliphatic rings. The number of ether oxygens (including phenoxy) is 2. The minimum absolute atomic E-state index is 0.0617. The van der Waals surface area contributed by atoms with E-state index in [1.165, 1.54) is 0 Å². The summed E-state index contributed by atoms with van der Waals surface area (Å²) >= 11 is 0. The van der Waals surface area contributed by atoms with Crippen molar-refractivity contribution in [1.82, 2.24) is 4.90 Å². The summed E-state index contributed by atoms with van der Waals surface area (Å²) in [5.41, 5.74) is 5.43. The third kappa shape index (κ3) is 3.13. The van der Waals surface area contributed by atoms with Gasteiger partial charge in [0.05, 0.1) is 12.2 Å². The lowest BCUT2D eigenvalue weighted by Crippen LogP contribution is -2.48. The Morgan fingerprint density at radius 2 is 2.39 bits per heavy atom. The van der Waals surface area contributed by atoms with E-state index >= 15 is 0 Å². The van der Waals surface area contributed by atoms with Crippen LogP contribution in [0.2, 0.25) is 0 Å². The van der Waals surface area contributed by atoms with E-state index in [2.05, 4.69) is 17.1 Å². The van der Waals surface area contributed by atoms with Crippen LogP contribution in [0.5, 0.6) is 0 Å². The summed E-state index contributed by atoms with van der Waals surface area (Å²) in [5, 5.41) is 11.5. The number of nitrogens with zero attached hydrogens (tertiary/aromatic N) is 2. The third-order valence-corrected chi connectivity index (χ3v) is 4.01. The van der Waals surface area contributed by atoms with Gasteiger partial charge in [-0.2, -0.15) is 0 Å². The van der Waals surface area contributed by atoms with Gasteiger partial charge in [-0.25, -0.2) is 0 Å². The topological polar surface area (TPSA) is 80.3 Å². The monoisotopic (exact) mass is 257 g/mol. The highest BCUT2D eigenvalue weighted by Gasteiger charge is 2.41. The molecule has 18 heavy (non-hydrogen) atoms. The SMILES string of the molecule is CN(CCC(N)=NO)C1CCOC2(CCOC2)C1. The van der Waals surface area contributed by atoms with Gasteiger partial charge in [-0.15, -0.1) is 0 Å². The van der Waals surface area contributed by atoms with Crippen molar-refractivity contribution in [2.45, 2.75) is 37.3 Å². The first kappa shape index (κ1) is 13.6. The Morgan fingerprint density at radius 3 is 3.06 bits per heavy atom. The predicted molar refractivity (Wildman–Crippen MR) is 67.8 cm³/mol. The van der Waals surface area contributed by atoms with Gasteiger partial charge in [0.25, 0.3) is 0 Å². The van der Waals surface area contributed by atoms with E-state index in [1.54, 1.807) is 0 Å². The van der Waals surface area contributed by atoms with Crippen LogP contribution >= 0.6 is 0 Å². The summed E-state index contributed by atoms with van der Waals surface area (Å²) in [4.78, 5) is 2.28. The molecule has 2 atom stereocenters. The van der Waals surface area contributed by atoms with Crippen LogP contribution < -0.4 is 5.73 Å². The molecule has 2 fully saturated rings. The number of oxime groups is 1. The highest BCUT2D eigenvalue weighted by atomic mass is 16.6. The molecule has 0 aromatic heterocycles. The zero-order valence-electron chi connectivity index (χ0n) is 11.0. The summed E-state index contributed by atoms with van der Waals surface area (Å²) in [7, 11) is 2.09. The average molecular weight is 257 g/mol. The van der Waals surface area contributed by atoms with Crippen LogP contribution in [0.4, 0.5) is 0 Å². The van der Waals surface area contributed by atoms with E-state index in [4.69, 9.17) is 20.4 Å². The third-order valence-electron chi connectivity index (χ3n) is 4.01. The van der Waals surface area contributed by atoms with Crippen LogP contribution in [0, 0.1) is 0 Å². The van der Waals surface area contributed by atoms with E-state index in [1.807, 2.05) is 0 Å². The Kier molecular flexibility index (Phi) is 4.42. The molecule has 2 aliphatic heterocycles. The summed E-state index contributed by atoms with van der Waals surface area (Å²) in [5.74, 6) is 0.285. The summed E-state index contributed by atoms with van der Waals surface area (Å²) in [6.07, 6.45) is 3.64. The molecule has 2 unspecified atom stereocenters. The second kappa shape index (κ2) is 5.86. The van der Waals surface area contributed by atoms with Gasteiger partial charge < -0.3 is 25.3 Å². The first-order valence-electron chi connectivity index (χ1n) is 6.53. The fraction of sp³-hybridized carbons (Fsp3) is 0.917. The number of hydrogen-bond donors (Lipinski definition) is 2. The Balaban J connectivity index is 1.84. The molecule has 3 N–H and O–H groups in total. The lowest BCUT2D eigenvalue weighted by molar-refractivity contribution is -0.103. The molecule has 0 saturated carbocycles. The van der Waals surface area contributed by atoms with Gasteiger partial charge in [0.2, 0.25) is 0 Å². The van der Waals surface area contributed by atoms with Crippen molar-refractivity contribution >= 4 is 5.84 Å². The Labute approximate surface area is 108 Å². The Morgan fingerprint density at radius 1 is 1.56 bits per heavy atom. The van der Waals surface area contributed by atoms with Gasteiger partial charge >= 0.3 is 0 Å². The van der Waals surface area contributed by atoms with Crippen molar-refractivity contribution in [2.24, 2.45) is 10.9 Å². The molecule has 0 aromatic rings. The lowest BCUT2D eigenvalue weighted by atomic mass is 9.89. The molecule has 0 radical (unpaired) electrons. The minimum atomic E-state index is -0.0617. The summed E-state index contributed by atoms with van der Waals surface area (Å²) in [6, 6.07) is 0.493. The lowest BCUT2D eigenvalue weighted by Gasteiger charge is -2.40. The van der Waals surface area contributed by atoms with Crippen LogP contribution in [-0.2, 0) is 9.47 Å². The number of amidine groups is 1. The summed E-state index contributed by atoms with van der Waals surface area (Å²) in [6.45, 7) is 3.12. The van der Waals surface area contributed by atoms with E-state index in [0.29, 0.717) is 12.5 Å². The van der Waals surface area contributed by atoms with Crippen molar-refractivity contribution in [3.8, 4) is 0 Å². The molecule has 6 nitrogen and oxygen atoms in total. The van der Waals surface area contributed by atoms with Gasteiger partial charge in [-0.3, -0.25) is 0 Å². The molecule has 0 bridgehead atoms. The quantitative estimate of drug-likeness (QED) is 0.330. The van der Waals surface area contributed by atoms with Crippen LogP contribution in [0.25, 0.3) is 0 Å². The number of rotatable bonds is 4. The molecule has 0 aromatic carbocycles. The molecule has 104 valence electrons. The van der Waals surface area contributed by atoms with Crippen LogP contribution in [0.3, 0.4) is 0 Å². The maximum Gasteiger partial charge on any atom is 0.140 e. The second-order valence-corrected chi connectivity index (χ2v) is 5.30. The standard InChI is InChI=1S/C12H23N3O3/c1-15(5-2-11(13)14-16)10-3-6-18-12(8-10)4-7-17-9-12/h10,16H,2-9H2,1H3,(H2,13,14).